The molecule has 1 aromatic heterocycles. The molecule has 0 aliphatic carbocycles. The van der Waals surface area contributed by atoms with Gasteiger partial charge in [0.05, 0.1) is 13.1 Å². The second-order valence-corrected chi connectivity index (χ2v) is 5.87. The number of alkyl carbamates (subject to hydrolysis) is 1. The van der Waals surface area contributed by atoms with Crippen molar-refractivity contribution in [2.45, 2.75) is 38.8 Å². The van der Waals surface area contributed by atoms with Gasteiger partial charge in [-0.3, -0.25) is 4.79 Å². The number of hydrogen-bond acceptors (Lipinski definition) is 4. The molecule has 9 heteroatoms. The molecule has 0 atom stereocenters. The first-order valence-electron chi connectivity index (χ1n) is 6.69. The van der Waals surface area contributed by atoms with Crippen LogP contribution < -0.4 is 10.9 Å². The number of rotatable bonds is 5. The summed E-state index contributed by atoms with van der Waals surface area (Å²) in [5.74, 6) is -4.96. The van der Waals surface area contributed by atoms with Gasteiger partial charge in [0.15, 0.2) is 0 Å². The van der Waals surface area contributed by atoms with Crippen LogP contribution in [0.25, 0.3) is 0 Å². The highest BCUT2D eigenvalue weighted by molar-refractivity contribution is 5.86. The summed E-state index contributed by atoms with van der Waals surface area (Å²) in [6, 6.07) is 2.21. The van der Waals surface area contributed by atoms with Crippen molar-refractivity contribution in [1.29, 1.82) is 0 Å². The number of carboxylic acids is 1. The third-order valence-corrected chi connectivity index (χ3v) is 2.54. The number of pyridine rings is 1. The summed E-state index contributed by atoms with van der Waals surface area (Å²) >= 11 is 0. The van der Waals surface area contributed by atoms with E-state index in [0.29, 0.717) is 4.57 Å². The molecule has 7 nitrogen and oxygen atoms in total. The van der Waals surface area contributed by atoms with E-state index in [-0.39, 0.29) is 0 Å². The predicted octanol–water partition coefficient (Wildman–Crippen LogP) is 1.71. The van der Waals surface area contributed by atoms with Gasteiger partial charge in [-0.05, 0) is 32.9 Å². The van der Waals surface area contributed by atoms with Gasteiger partial charge in [0.25, 0.3) is 11.5 Å². The highest BCUT2D eigenvalue weighted by Gasteiger charge is 2.32. The number of carbonyl (C=O) groups is 2. The van der Waals surface area contributed by atoms with Crippen LogP contribution in [-0.2, 0) is 11.3 Å². The Labute approximate surface area is 130 Å². The lowest BCUT2D eigenvalue weighted by Crippen LogP contribution is -2.43. The minimum absolute atomic E-state index is 0.584. The summed E-state index contributed by atoms with van der Waals surface area (Å²) < 4.78 is 33.1. The molecule has 0 bridgehead atoms. The maximum absolute atomic E-state index is 13.8. The first kappa shape index (κ1) is 18.6. The fourth-order valence-corrected chi connectivity index (χ4v) is 1.64. The Balaban J connectivity index is 2.76. The number of aromatic carboxylic acids is 1. The minimum Gasteiger partial charge on any atom is -0.477 e. The zero-order valence-corrected chi connectivity index (χ0v) is 12.9. The molecule has 2 N–H and O–H groups in total. The number of halogens is 2. The molecule has 1 amide bonds. The van der Waals surface area contributed by atoms with E-state index in [1.54, 1.807) is 20.8 Å². The quantitative estimate of drug-likeness (QED) is 0.855. The van der Waals surface area contributed by atoms with E-state index in [9.17, 15) is 23.2 Å². The largest absolute Gasteiger partial charge is 0.477 e. The molecular formula is C14H18F2N2O5. The number of carbonyl (C=O) groups excluding carboxylic acids is 1. The molecule has 0 saturated heterocycles. The maximum Gasteiger partial charge on any atom is 0.407 e. The highest BCUT2D eigenvalue weighted by Crippen LogP contribution is 2.15. The number of nitrogens with one attached hydrogen (secondary N) is 1. The molecule has 1 aromatic rings. The Bertz CT molecular complexity index is 649. The summed E-state index contributed by atoms with van der Waals surface area (Å²) in [6.07, 6.45) is 0.0414. The number of alkyl halides is 2. The molecule has 0 aromatic carbocycles. The van der Waals surface area contributed by atoms with Gasteiger partial charge in [0.2, 0.25) is 0 Å². The van der Waals surface area contributed by atoms with E-state index < -0.39 is 47.8 Å². The first-order chi connectivity index (χ1) is 10.4. The third kappa shape index (κ3) is 6.05. The minimum atomic E-state index is -3.46. The van der Waals surface area contributed by atoms with Crippen molar-refractivity contribution in [2.75, 3.05) is 6.54 Å². The molecule has 0 radical (unpaired) electrons. The average Bonchev–Trinajstić information content (AvgIpc) is 2.36. The summed E-state index contributed by atoms with van der Waals surface area (Å²) in [5.41, 5.74) is -2.48. The number of nitrogens with zero attached hydrogens (tertiary/aromatic N) is 1. The Morgan fingerprint density at radius 1 is 1.35 bits per heavy atom. The van der Waals surface area contributed by atoms with Crippen LogP contribution in [0.3, 0.4) is 0 Å². The van der Waals surface area contributed by atoms with Crippen LogP contribution in [0, 0.1) is 0 Å². The molecule has 0 aliphatic rings. The Hall–Kier alpha value is -2.45. The van der Waals surface area contributed by atoms with Crippen LogP contribution in [0.5, 0.6) is 0 Å². The SMILES string of the molecule is CC(C)(C)OC(=O)NCC(F)(F)Cn1cccc(C(=O)O)c1=O. The topological polar surface area (TPSA) is 97.6 Å². The molecule has 128 valence electrons. The van der Waals surface area contributed by atoms with Crippen LogP contribution in [-0.4, -0.2) is 39.8 Å². The zero-order valence-electron chi connectivity index (χ0n) is 12.9. The second-order valence-electron chi connectivity index (χ2n) is 5.87. The molecular weight excluding hydrogens is 314 g/mol. The first-order valence-corrected chi connectivity index (χ1v) is 6.69. The van der Waals surface area contributed by atoms with Crippen molar-refractivity contribution in [3.05, 3.63) is 34.2 Å². The standard InChI is InChI=1S/C14H18F2N2O5/c1-13(2,3)23-12(22)17-7-14(15,16)8-18-6-4-5-9(10(18)19)11(20)21/h4-6H,7-8H2,1-3H3,(H,17,22)(H,20,21). The van der Waals surface area contributed by atoms with E-state index in [1.165, 1.54) is 6.07 Å². The fraction of sp³-hybridized carbons (Fsp3) is 0.500. The number of aromatic nitrogens is 1. The smallest absolute Gasteiger partial charge is 0.407 e. The van der Waals surface area contributed by atoms with Crippen LogP contribution in [0.4, 0.5) is 13.6 Å². The van der Waals surface area contributed by atoms with Gasteiger partial charge in [0, 0.05) is 6.20 Å². The van der Waals surface area contributed by atoms with Gasteiger partial charge < -0.3 is 19.7 Å². The average molecular weight is 332 g/mol. The van der Waals surface area contributed by atoms with Crippen molar-refractivity contribution in [1.82, 2.24) is 9.88 Å². The van der Waals surface area contributed by atoms with Crippen molar-refractivity contribution in [3.63, 3.8) is 0 Å². The number of carboxylic acid groups (broad SMARTS) is 1. The molecule has 0 spiro atoms. The third-order valence-electron chi connectivity index (χ3n) is 2.54. The number of amides is 1. The van der Waals surface area contributed by atoms with E-state index in [1.807, 2.05) is 5.32 Å². The molecule has 1 heterocycles. The molecule has 0 aliphatic heterocycles. The van der Waals surface area contributed by atoms with Gasteiger partial charge in [-0.1, -0.05) is 0 Å². The number of ether oxygens (including phenoxy) is 1. The van der Waals surface area contributed by atoms with Crippen LogP contribution in [0.1, 0.15) is 31.1 Å². The normalized spacial score (nSPS) is 11.9. The monoisotopic (exact) mass is 332 g/mol. The fourth-order valence-electron chi connectivity index (χ4n) is 1.64. The van der Waals surface area contributed by atoms with E-state index in [4.69, 9.17) is 9.84 Å². The van der Waals surface area contributed by atoms with Gasteiger partial charge in [-0.15, -0.1) is 0 Å². The maximum atomic E-state index is 13.8. The molecule has 23 heavy (non-hydrogen) atoms. The van der Waals surface area contributed by atoms with Gasteiger partial charge in [-0.2, -0.15) is 0 Å². The van der Waals surface area contributed by atoms with E-state index >= 15 is 0 Å². The van der Waals surface area contributed by atoms with Crippen molar-refractivity contribution >= 4 is 12.1 Å². The second kappa shape index (κ2) is 6.76. The highest BCUT2D eigenvalue weighted by atomic mass is 19.3. The van der Waals surface area contributed by atoms with Crippen LogP contribution >= 0.6 is 0 Å². The zero-order chi connectivity index (χ0) is 17.8. The predicted molar refractivity (Wildman–Crippen MR) is 76.8 cm³/mol. The Morgan fingerprint density at radius 3 is 2.48 bits per heavy atom. The summed E-state index contributed by atoms with van der Waals surface area (Å²) in [5, 5.41) is 10.7. The van der Waals surface area contributed by atoms with Gasteiger partial charge >= 0.3 is 12.1 Å². The molecule has 0 unspecified atom stereocenters. The Kier molecular flexibility index (Phi) is 5.46. The summed E-state index contributed by atoms with van der Waals surface area (Å²) in [4.78, 5) is 33.9. The van der Waals surface area contributed by atoms with Crippen LogP contribution in [0.15, 0.2) is 23.1 Å². The van der Waals surface area contributed by atoms with Gasteiger partial charge in [-0.25, -0.2) is 18.4 Å². The number of hydrogen-bond donors (Lipinski definition) is 2. The van der Waals surface area contributed by atoms with E-state index in [2.05, 4.69) is 0 Å². The Morgan fingerprint density at radius 2 is 1.96 bits per heavy atom. The summed E-state index contributed by atoms with van der Waals surface area (Å²) in [6.45, 7) is 2.64. The lowest BCUT2D eigenvalue weighted by Gasteiger charge is -2.22. The molecule has 0 saturated carbocycles. The van der Waals surface area contributed by atoms with Crippen LogP contribution in [0.2, 0.25) is 0 Å². The lowest BCUT2D eigenvalue weighted by atomic mass is 10.2. The lowest BCUT2D eigenvalue weighted by molar-refractivity contribution is -0.0200. The van der Waals surface area contributed by atoms with Crippen molar-refractivity contribution in [2.24, 2.45) is 0 Å². The molecule has 0 fully saturated rings. The van der Waals surface area contributed by atoms with E-state index in [0.717, 1.165) is 12.3 Å². The molecule has 1 rings (SSSR count). The van der Waals surface area contributed by atoms with Crippen molar-refractivity contribution in [3.8, 4) is 0 Å². The van der Waals surface area contributed by atoms with Gasteiger partial charge in [0.1, 0.15) is 11.2 Å². The van der Waals surface area contributed by atoms with Crippen molar-refractivity contribution < 1.29 is 28.2 Å². The summed E-state index contributed by atoms with van der Waals surface area (Å²) in [7, 11) is 0.